The summed E-state index contributed by atoms with van der Waals surface area (Å²) in [5, 5.41) is 14.7. The molecule has 8 nitrogen and oxygen atoms in total. The summed E-state index contributed by atoms with van der Waals surface area (Å²) in [6.07, 6.45) is 0.853. The fourth-order valence-electron chi connectivity index (χ4n) is 5.29. The molecule has 0 saturated carbocycles. The number of aromatic amines is 1. The molecule has 0 radical (unpaired) electrons. The van der Waals surface area contributed by atoms with Crippen molar-refractivity contribution in [1.82, 2.24) is 30.1 Å². The van der Waals surface area contributed by atoms with Gasteiger partial charge in [0.05, 0.1) is 5.54 Å². The minimum Gasteiger partial charge on any atom is -0.369 e. The number of anilines is 1. The Morgan fingerprint density at radius 1 is 1.00 bits per heavy atom. The molecule has 0 bridgehead atoms. The predicted molar refractivity (Wildman–Crippen MR) is 153 cm³/mol. The van der Waals surface area contributed by atoms with Gasteiger partial charge in [0, 0.05) is 48.0 Å². The van der Waals surface area contributed by atoms with Crippen LogP contribution in [0, 0.1) is 20.8 Å². The van der Waals surface area contributed by atoms with Gasteiger partial charge in [-0.15, -0.1) is 5.10 Å². The van der Waals surface area contributed by atoms with E-state index in [4.69, 9.17) is 11.6 Å². The molecule has 1 saturated heterocycles. The Bertz CT molecular complexity index is 1530. The molecule has 0 amide bonds. The van der Waals surface area contributed by atoms with E-state index in [9.17, 15) is 4.79 Å². The number of halogens is 1. The third-order valence-electron chi connectivity index (χ3n) is 8.15. The van der Waals surface area contributed by atoms with E-state index < -0.39 is 0 Å². The number of hydrogen-bond acceptors (Lipinski definition) is 6. The second-order valence-corrected chi connectivity index (χ2v) is 11.5. The number of rotatable bonds is 6. The number of piperazine rings is 1. The maximum absolute atomic E-state index is 13.6. The third kappa shape index (κ3) is 4.83. The zero-order chi connectivity index (χ0) is 27.2. The zero-order valence-electron chi connectivity index (χ0n) is 23.0. The first kappa shape index (κ1) is 26.4. The van der Waals surface area contributed by atoms with E-state index in [1.54, 1.807) is 0 Å². The number of tetrazole rings is 1. The highest BCUT2D eigenvalue weighted by Gasteiger charge is 2.36. The molecule has 0 aliphatic carbocycles. The van der Waals surface area contributed by atoms with E-state index in [-0.39, 0.29) is 17.1 Å². The van der Waals surface area contributed by atoms with Gasteiger partial charge < -0.3 is 9.88 Å². The van der Waals surface area contributed by atoms with Gasteiger partial charge in [0.25, 0.3) is 5.56 Å². The smallest absolute Gasteiger partial charge is 0.253 e. The van der Waals surface area contributed by atoms with E-state index in [1.807, 2.05) is 28.9 Å². The molecule has 2 aromatic heterocycles. The standard InChI is InChI=1S/C29H36ClN7O/c1-7-29(5,6)37-27(32-33-34-37)26(23-16-21-14-19(3)20(4)15-24(21)31-28(23)38)36-12-10-35(11-13-36)25-17-22(30)9-8-18(25)2/h8-9,14-17,26H,7,10-13H2,1-6H3,(H,31,38)/t26-/m0/s1. The molecular formula is C29H36ClN7O. The quantitative estimate of drug-likeness (QED) is 0.369. The third-order valence-corrected chi connectivity index (χ3v) is 8.39. The summed E-state index contributed by atoms with van der Waals surface area (Å²) in [6.45, 7) is 15.8. The van der Waals surface area contributed by atoms with Crippen molar-refractivity contribution in [2.24, 2.45) is 0 Å². The van der Waals surface area contributed by atoms with Gasteiger partial charge in [-0.1, -0.05) is 24.6 Å². The number of H-pyrrole nitrogens is 1. The molecule has 1 fully saturated rings. The molecule has 3 heterocycles. The summed E-state index contributed by atoms with van der Waals surface area (Å²) in [5.41, 5.74) is 5.79. The van der Waals surface area contributed by atoms with E-state index in [0.29, 0.717) is 11.4 Å². The van der Waals surface area contributed by atoms with Crippen LogP contribution in [0.15, 0.2) is 41.2 Å². The maximum atomic E-state index is 13.6. The Balaban J connectivity index is 1.58. The largest absolute Gasteiger partial charge is 0.369 e. The van der Waals surface area contributed by atoms with Gasteiger partial charge in [-0.3, -0.25) is 9.69 Å². The fraction of sp³-hybridized carbons (Fsp3) is 0.448. The Morgan fingerprint density at radius 2 is 1.71 bits per heavy atom. The normalized spacial score (nSPS) is 15.8. The first-order valence-electron chi connectivity index (χ1n) is 13.3. The lowest BCUT2D eigenvalue weighted by Gasteiger charge is -2.40. The van der Waals surface area contributed by atoms with Crippen molar-refractivity contribution in [2.75, 3.05) is 31.1 Å². The fourth-order valence-corrected chi connectivity index (χ4v) is 5.45. The second-order valence-electron chi connectivity index (χ2n) is 11.0. The molecule has 200 valence electrons. The monoisotopic (exact) mass is 533 g/mol. The lowest BCUT2D eigenvalue weighted by atomic mass is 9.98. The van der Waals surface area contributed by atoms with Crippen molar-refractivity contribution in [2.45, 2.75) is 59.5 Å². The van der Waals surface area contributed by atoms with Crippen molar-refractivity contribution in [3.8, 4) is 0 Å². The first-order chi connectivity index (χ1) is 18.1. The number of nitrogens with zero attached hydrogens (tertiary/aromatic N) is 6. The van der Waals surface area contributed by atoms with Crippen LogP contribution in [0.4, 0.5) is 5.69 Å². The number of fused-ring (bicyclic) bond motifs is 1. The molecule has 1 aliphatic heterocycles. The van der Waals surface area contributed by atoms with Crippen LogP contribution in [0.2, 0.25) is 5.02 Å². The molecule has 0 unspecified atom stereocenters. The van der Waals surface area contributed by atoms with Gasteiger partial charge >= 0.3 is 0 Å². The average Bonchev–Trinajstić information content (AvgIpc) is 3.38. The molecule has 0 spiro atoms. The van der Waals surface area contributed by atoms with Crippen LogP contribution < -0.4 is 10.5 Å². The summed E-state index contributed by atoms with van der Waals surface area (Å²) in [7, 11) is 0. The Labute approximate surface area is 228 Å². The minimum absolute atomic E-state index is 0.109. The highest BCUT2D eigenvalue weighted by molar-refractivity contribution is 6.30. The van der Waals surface area contributed by atoms with Crippen molar-refractivity contribution < 1.29 is 0 Å². The number of nitrogens with one attached hydrogen (secondary N) is 1. The van der Waals surface area contributed by atoms with Crippen LogP contribution in [0.25, 0.3) is 10.9 Å². The maximum Gasteiger partial charge on any atom is 0.253 e. The molecule has 5 rings (SSSR count). The van der Waals surface area contributed by atoms with E-state index in [0.717, 1.165) is 59.8 Å². The second kappa shape index (κ2) is 10.2. The molecule has 1 aliphatic rings. The summed E-state index contributed by atoms with van der Waals surface area (Å²) in [5.74, 6) is 0.693. The topological polar surface area (TPSA) is 82.9 Å². The van der Waals surface area contributed by atoms with Crippen molar-refractivity contribution in [3.63, 3.8) is 0 Å². The number of aryl methyl sites for hydroxylation is 3. The Hall–Kier alpha value is -3.23. The van der Waals surface area contributed by atoms with Gasteiger partial charge in [0.15, 0.2) is 5.82 Å². The van der Waals surface area contributed by atoms with E-state index in [2.05, 4.69) is 84.0 Å². The van der Waals surface area contributed by atoms with Gasteiger partial charge in [0.1, 0.15) is 6.04 Å². The van der Waals surface area contributed by atoms with Gasteiger partial charge in [-0.2, -0.15) is 0 Å². The minimum atomic E-state index is -0.381. The van der Waals surface area contributed by atoms with Crippen LogP contribution in [-0.2, 0) is 5.54 Å². The van der Waals surface area contributed by atoms with Crippen molar-refractivity contribution >= 4 is 28.2 Å². The zero-order valence-corrected chi connectivity index (χ0v) is 23.8. The molecule has 9 heteroatoms. The number of benzene rings is 2. The molecule has 2 aromatic carbocycles. The van der Waals surface area contributed by atoms with Crippen LogP contribution in [0.3, 0.4) is 0 Å². The van der Waals surface area contributed by atoms with Gasteiger partial charge in [-0.25, -0.2) is 4.68 Å². The molecule has 1 atom stereocenters. The number of pyridine rings is 1. The van der Waals surface area contributed by atoms with E-state index in [1.165, 1.54) is 11.1 Å². The van der Waals surface area contributed by atoms with Crippen LogP contribution in [-0.4, -0.2) is 56.3 Å². The SMILES string of the molecule is CCC(C)(C)n1nnnc1[C@H](c1cc2cc(C)c(C)cc2[nH]c1=O)N1CCN(c2cc(Cl)ccc2C)CC1. The number of hydrogen-bond donors (Lipinski definition) is 1. The van der Waals surface area contributed by atoms with Gasteiger partial charge in [0.2, 0.25) is 0 Å². The van der Waals surface area contributed by atoms with Gasteiger partial charge in [-0.05, 0) is 104 Å². The summed E-state index contributed by atoms with van der Waals surface area (Å²) >= 11 is 6.32. The molecular weight excluding hydrogens is 498 g/mol. The summed E-state index contributed by atoms with van der Waals surface area (Å²) < 4.78 is 1.90. The highest BCUT2D eigenvalue weighted by Crippen LogP contribution is 2.33. The van der Waals surface area contributed by atoms with Crippen molar-refractivity contribution in [3.05, 3.63) is 79.9 Å². The Kier molecular flexibility index (Phi) is 7.05. The Morgan fingerprint density at radius 3 is 2.42 bits per heavy atom. The molecule has 1 N–H and O–H groups in total. The lowest BCUT2D eigenvalue weighted by Crippen LogP contribution is -2.49. The average molecular weight is 534 g/mol. The lowest BCUT2D eigenvalue weighted by molar-refractivity contribution is 0.186. The predicted octanol–water partition coefficient (Wildman–Crippen LogP) is 5.15. The van der Waals surface area contributed by atoms with E-state index >= 15 is 0 Å². The highest BCUT2D eigenvalue weighted by atomic mass is 35.5. The summed E-state index contributed by atoms with van der Waals surface area (Å²) in [6, 6.07) is 11.8. The number of aromatic nitrogens is 5. The van der Waals surface area contributed by atoms with Crippen LogP contribution in [0.1, 0.15) is 61.3 Å². The van der Waals surface area contributed by atoms with Crippen molar-refractivity contribution in [1.29, 1.82) is 0 Å². The van der Waals surface area contributed by atoms with Crippen LogP contribution in [0.5, 0.6) is 0 Å². The first-order valence-corrected chi connectivity index (χ1v) is 13.6. The summed E-state index contributed by atoms with van der Waals surface area (Å²) in [4.78, 5) is 21.5. The molecule has 38 heavy (non-hydrogen) atoms. The van der Waals surface area contributed by atoms with Crippen LogP contribution >= 0.6 is 11.6 Å². The molecule has 4 aromatic rings.